The number of hydrogen-bond donors (Lipinski definition) is 1. The van der Waals surface area contributed by atoms with Crippen LogP contribution in [0.25, 0.3) is 0 Å². The first-order valence-electron chi connectivity index (χ1n) is 6.01. The van der Waals surface area contributed by atoms with Crippen LogP contribution in [0.2, 0.25) is 0 Å². The van der Waals surface area contributed by atoms with Crippen LogP contribution >= 0.6 is 23.5 Å². The summed E-state index contributed by atoms with van der Waals surface area (Å²) in [6.07, 6.45) is 3.23. The summed E-state index contributed by atoms with van der Waals surface area (Å²) in [5.74, 6) is -1.65. The molecule has 1 fully saturated rings. The normalized spacial score (nSPS) is 20.1. The first kappa shape index (κ1) is 15.6. The predicted molar refractivity (Wildman–Crippen MR) is 82.4 cm³/mol. The zero-order chi connectivity index (χ0) is 15.2. The first-order chi connectivity index (χ1) is 10.1. The van der Waals surface area contributed by atoms with Gasteiger partial charge in [0.15, 0.2) is 5.17 Å². The lowest BCUT2D eigenvalue weighted by molar-refractivity contribution is -0.305. The number of benzene rings is 1. The largest absolute Gasteiger partial charge is 0.550 e. The highest BCUT2D eigenvalue weighted by Crippen LogP contribution is 2.22. The van der Waals surface area contributed by atoms with Gasteiger partial charge in [-0.3, -0.25) is 4.79 Å². The molecular formula is C13H12N3O3S2-. The van der Waals surface area contributed by atoms with Crippen molar-refractivity contribution in [3.63, 3.8) is 0 Å². The van der Waals surface area contributed by atoms with E-state index in [1.165, 1.54) is 0 Å². The summed E-state index contributed by atoms with van der Waals surface area (Å²) in [5, 5.41) is 20.3. The molecule has 1 aliphatic heterocycles. The number of nitrogens with zero attached hydrogens (tertiary/aromatic N) is 2. The highest BCUT2D eigenvalue weighted by Gasteiger charge is 2.30. The van der Waals surface area contributed by atoms with Gasteiger partial charge in [-0.2, -0.15) is 5.10 Å². The Balaban J connectivity index is 1.96. The Bertz CT molecular complexity index is 599. The van der Waals surface area contributed by atoms with Crippen LogP contribution in [0.15, 0.2) is 39.4 Å². The molecule has 0 unspecified atom stereocenters. The van der Waals surface area contributed by atoms with E-state index in [-0.39, 0.29) is 12.3 Å². The predicted octanol–water partition coefficient (Wildman–Crippen LogP) is 0.470. The smallest absolute Gasteiger partial charge is 0.239 e. The number of rotatable bonds is 5. The summed E-state index contributed by atoms with van der Waals surface area (Å²) in [4.78, 5) is 23.1. The third-order valence-corrected chi connectivity index (χ3v) is 4.42. The molecule has 1 amide bonds. The molecule has 1 aromatic carbocycles. The zero-order valence-electron chi connectivity index (χ0n) is 11.1. The molecule has 21 heavy (non-hydrogen) atoms. The van der Waals surface area contributed by atoms with E-state index in [9.17, 15) is 14.7 Å². The number of carboxylic acid groups (broad SMARTS) is 1. The molecule has 6 nitrogen and oxygen atoms in total. The SMILES string of the molecule is CSc1ccc(/C=N\N=C2\NC(=O)[C@H](CC(=O)[O-])S2)cc1. The van der Waals surface area contributed by atoms with Crippen LogP contribution in [0, 0.1) is 0 Å². The van der Waals surface area contributed by atoms with Crippen molar-refractivity contribution in [2.75, 3.05) is 6.26 Å². The number of hydrogen-bond acceptors (Lipinski definition) is 7. The fourth-order valence-corrected chi connectivity index (χ4v) is 2.89. The Labute approximate surface area is 130 Å². The third kappa shape index (κ3) is 4.61. The molecule has 1 N–H and O–H groups in total. The van der Waals surface area contributed by atoms with Crippen molar-refractivity contribution in [2.45, 2.75) is 16.6 Å². The minimum absolute atomic E-state index is 0.295. The molecular weight excluding hydrogens is 310 g/mol. The van der Waals surface area contributed by atoms with Crippen LogP contribution in [-0.2, 0) is 9.59 Å². The van der Waals surface area contributed by atoms with Gasteiger partial charge in [-0.05, 0) is 24.0 Å². The monoisotopic (exact) mass is 322 g/mol. The van der Waals surface area contributed by atoms with Crippen molar-refractivity contribution < 1.29 is 14.7 Å². The zero-order valence-corrected chi connectivity index (χ0v) is 12.7. The van der Waals surface area contributed by atoms with Crippen LogP contribution in [0.4, 0.5) is 0 Å². The molecule has 0 aliphatic carbocycles. The van der Waals surface area contributed by atoms with E-state index >= 15 is 0 Å². The number of nitrogens with one attached hydrogen (secondary N) is 1. The Morgan fingerprint density at radius 1 is 1.48 bits per heavy atom. The van der Waals surface area contributed by atoms with Gasteiger partial charge in [0.1, 0.15) is 0 Å². The average molecular weight is 322 g/mol. The molecule has 1 heterocycles. The van der Waals surface area contributed by atoms with Gasteiger partial charge >= 0.3 is 0 Å². The van der Waals surface area contributed by atoms with Gasteiger partial charge in [0.05, 0.1) is 11.5 Å². The van der Waals surface area contributed by atoms with Crippen LogP contribution < -0.4 is 10.4 Å². The van der Waals surface area contributed by atoms with Gasteiger partial charge in [-0.1, -0.05) is 23.9 Å². The number of carbonyl (C=O) groups is 2. The first-order valence-corrected chi connectivity index (χ1v) is 8.11. The molecule has 0 radical (unpaired) electrons. The summed E-state index contributed by atoms with van der Waals surface area (Å²) in [6, 6.07) is 7.77. The van der Waals surface area contributed by atoms with E-state index in [2.05, 4.69) is 15.5 Å². The van der Waals surface area contributed by atoms with Crippen LogP contribution in [-0.4, -0.2) is 34.8 Å². The number of carbonyl (C=O) groups excluding carboxylic acids is 2. The van der Waals surface area contributed by atoms with Gasteiger partial charge in [0.25, 0.3) is 0 Å². The van der Waals surface area contributed by atoms with Crippen molar-refractivity contribution >= 4 is 46.8 Å². The molecule has 110 valence electrons. The van der Waals surface area contributed by atoms with Crippen molar-refractivity contribution in [3.8, 4) is 0 Å². The molecule has 0 aromatic heterocycles. The highest BCUT2D eigenvalue weighted by atomic mass is 32.2. The lowest BCUT2D eigenvalue weighted by Crippen LogP contribution is -2.31. The van der Waals surface area contributed by atoms with E-state index in [0.717, 1.165) is 22.2 Å². The maximum Gasteiger partial charge on any atom is 0.239 e. The van der Waals surface area contributed by atoms with Crippen LogP contribution in [0.5, 0.6) is 0 Å². The van der Waals surface area contributed by atoms with Crippen molar-refractivity contribution in [1.82, 2.24) is 5.32 Å². The second kappa shape index (κ2) is 7.28. The number of aliphatic carboxylic acids is 1. The molecule has 1 aliphatic rings. The number of carboxylic acids is 1. The third-order valence-electron chi connectivity index (χ3n) is 2.60. The minimum Gasteiger partial charge on any atom is -0.550 e. The summed E-state index contributed by atoms with van der Waals surface area (Å²) in [5.41, 5.74) is 0.887. The Morgan fingerprint density at radius 2 is 2.19 bits per heavy atom. The Hall–Kier alpha value is -1.80. The fraction of sp³-hybridized carbons (Fsp3) is 0.231. The van der Waals surface area contributed by atoms with E-state index in [4.69, 9.17) is 0 Å². The number of thioether (sulfide) groups is 2. The molecule has 1 atom stereocenters. The summed E-state index contributed by atoms with van der Waals surface area (Å²) in [6.45, 7) is 0. The van der Waals surface area contributed by atoms with Crippen LogP contribution in [0.3, 0.4) is 0 Å². The average Bonchev–Trinajstić information content (AvgIpc) is 2.79. The van der Waals surface area contributed by atoms with E-state index in [0.29, 0.717) is 5.17 Å². The highest BCUT2D eigenvalue weighted by molar-refractivity contribution is 8.15. The quantitative estimate of drug-likeness (QED) is 0.483. The standard InChI is InChI=1S/C13H13N3O3S2/c1-20-9-4-2-8(3-5-9)7-14-16-13-15-12(19)10(21-13)6-11(17)18/h2-5,7,10H,6H2,1H3,(H,17,18)(H,15,16,19)/p-1/b14-7-/t10-/m0/s1. The summed E-state index contributed by atoms with van der Waals surface area (Å²) in [7, 11) is 0. The maximum absolute atomic E-state index is 11.5. The number of amides is 1. The lowest BCUT2D eigenvalue weighted by Gasteiger charge is -2.04. The number of amidine groups is 1. The second-order valence-corrected chi connectivity index (χ2v) is 6.17. The topological polar surface area (TPSA) is 94.0 Å². The molecule has 0 saturated carbocycles. The molecule has 1 aromatic rings. The van der Waals surface area contributed by atoms with Crippen molar-refractivity contribution in [3.05, 3.63) is 29.8 Å². The second-order valence-electron chi connectivity index (χ2n) is 4.09. The summed E-state index contributed by atoms with van der Waals surface area (Å²) < 4.78 is 0. The Morgan fingerprint density at radius 3 is 2.81 bits per heavy atom. The lowest BCUT2D eigenvalue weighted by atomic mass is 10.2. The van der Waals surface area contributed by atoms with Gasteiger partial charge < -0.3 is 15.2 Å². The van der Waals surface area contributed by atoms with Gasteiger partial charge in [-0.15, -0.1) is 16.9 Å². The van der Waals surface area contributed by atoms with E-state index < -0.39 is 11.2 Å². The van der Waals surface area contributed by atoms with Crippen molar-refractivity contribution in [1.29, 1.82) is 0 Å². The molecule has 0 spiro atoms. The minimum atomic E-state index is -1.26. The fourth-order valence-electron chi connectivity index (χ4n) is 1.58. The van der Waals surface area contributed by atoms with E-state index in [1.807, 2.05) is 30.5 Å². The Kier molecular flexibility index (Phi) is 5.40. The summed E-state index contributed by atoms with van der Waals surface area (Å²) >= 11 is 2.69. The van der Waals surface area contributed by atoms with Crippen molar-refractivity contribution in [2.24, 2.45) is 10.2 Å². The molecule has 0 bridgehead atoms. The molecule has 8 heteroatoms. The van der Waals surface area contributed by atoms with Gasteiger partial charge in [0, 0.05) is 17.3 Å². The maximum atomic E-state index is 11.5. The van der Waals surface area contributed by atoms with Crippen LogP contribution in [0.1, 0.15) is 12.0 Å². The van der Waals surface area contributed by atoms with Gasteiger partial charge in [0.2, 0.25) is 5.91 Å². The van der Waals surface area contributed by atoms with E-state index in [1.54, 1.807) is 18.0 Å². The van der Waals surface area contributed by atoms with Gasteiger partial charge in [-0.25, -0.2) is 0 Å². The molecule has 1 saturated heterocycles. The molecule has 2 rings (SSSR count).